The molecule has 2 saturated heterocycles. The Kier molecular flexibility index (Phi) is 5.58. The third-order valence-corrected chi connectivity index (χ3v) is 5.13. The Morgan fingerprint density at radius 2 is 1.67 bits per heavy atom. The van der Waals surface area contributed by atoms with Crippen molar-refractivity contribution in [2.24, 2.45) is 0 Å². The van der Waals surface area contributed by atoms with Gasteiger partial charge in [-0.3, -0.25) is 9.69 Å². The number of para-hydroxylation sites is 1. The third kappa shape index (κ3) is 4.80. The Morgan fingerprint density at radius 3 is 2.48 bits per heavy atom. The lowest BCUT2D eigenvalue weighted by Gasteiger charge is -2.21. The van der Waals surface area contributed by atoms with Crippen LogP contribution in [0.25, 0.3) is 0 Å². The maximum Gasteiger partial charge on any atom is 0.236 e. The molecule has 2 fully saturated rings. The van der Waals surface area contributed by atoms with Gasteiger partial charge in [-0.25, -0.2) is 0 Å². The molecule has 2 aliphatic heterocycles. The SMILES string of the molecule is O=C(CN1CCC(Oc2cccc(Oc3ccccc3)c2)C1)N1CCCC1. The van der Waals surface area contributed by atoms with Crippen molar-refractivity contribution in [3.63, 3.8) is 0 Å². The minimum atomic E-state index is 0.114. The minimum Gasteiger partial charge on any atom is -0.489 e. The van der Waals surface area contributed by atoms with Crippen LogP contribution in [0.3, 0.4) is 0 Å². The molecule has 0 bridgehead atoms. The van der Waals surface area contributed by atoms with Crippen LogP contribution in [0.2, 0.25) is 0 Å². The van der Waals surface area contributed by atoms with E-state index in [0.717, 1.165) is 62.7 Å². The summed E-state index contributed by atoms with van der Waals surface area (Å²) in [4.78, 5) is 16.5. The van der Waals surface area contributed by atoms with E-state index in [-0.39, 0.29) is 12.0 Å². The van der Waals surface area contributed by atoms with Crippen LogP contribution in [0.4, 0.5) is 0 Å². The molecule has 2 heterocycles. The second-order valence-electron chi connectivity index (χ2n) is 7.24. The monoisotopic (exact) mass is 366 g/mol. The molecule has 1 unspecified atom stereocenters. The molecule has 0 radical (unpaired) electrons. The van der Waals surface area contributed by atoms with Gasteiger partial charge in [-0.2, -0.15) is 0 Å². The zero-order valence-electron chi connectivity index (χ0n) is 15.5. The van der Waals surface area contributed by atoms with Crippen molar-refractivity contribution in [2.45, 2.75) is 25.4 Å². The van der Waals surface area contributed by atoms with Crippen LogP contribution in [-0.4, -0.2) is 54.5 Å². The molecule has 1 atom stereocenters. The summed E-state index contributed by atoms with van der Waals surface area (Å²) in [6, 6.07) is 17.5. The highest BCUT2D eigenvalue weighted by Gasteiger charge is 2.27. The van der Waals surface area contributed by atoms with Crippen molar-refractivity contribution in [1.82, 2.24) is 9.80 Å². The van der Waals surface area contributed by atoms with Crippen LogP contribution < -0.4 is 9.47 Å². The molecular weight excluding hydrogens is 340 g/mol. The molecule has 0 aliphatic carbocycles. The number of benzene rings is 2. The number of ether oxygens (including phenoxy) is 2. The van der Waals surface area contributed by atoms with Crippen molar-refractivity contribution in [3.05, 3.63) is 54.6 Å². The van der Waals surface area contributed by atoms with Gasteiger partial charge in [-0.05, 0) is 43.5 Å². The molecule has 0 saturated carbocycles. The average Bonchev–Trinajstić information content (AvgIpc) is 3.35. The third-order valence-electron chi connectivity index (χ3n) is 5.13. The van der Waals surface area contributed by atoms with Crippen LogP contribution >= 0.6 is 0 Å². The van der Waals surface area contributed by atoms with Gasteiger partial charge in [0.25, 0.3) is 0 Å². The summed E-state index contributed by atoms with van der Waals surface area (Å²) >= 11 is 0. The van der Waals surface area contributed by atoms with Crippen LogP contribution in [0, 0.1) is 0 Å². The zero-order chi connectivity index (χ0) is 18.5. The van der Waals surface area contributed by atoms with E-state index in [9.17, 15) is 4.79 Å². The highest BCUT2D eigenvalue weighted by atomic mass is 16.5. The highest BCUT2D eigenvalue weighted by Crippen LogP contribution is 2.27. The lowest BCUT2D eigenvalue weighted by atomic mass is 10.3. The van der Waals surface area contributed by atoms with Gasteiger partial charge in [0.15, 0.2) is 0 Å². The lowest BCUT2D eigenvalue weighted by molar-refractivity contribution is -0.131. The second kappa shape index (κ2) is 8.44. The van der Waals surface area contributed by atoms with Crippen molar-refractivity contribution in [2.75, 3.05) is 32.7 Å². The highest BCUT2D eigenvalue weighted by molar-refractivity contribution is 5.78. The molecule has 4 rings (SSSR count). The fraction of sp³-hybridized carbons (Fsp3) is 0.409. The van der Waals surface area contributed by atoms with Gasteiger partial charge in [-0.1, -0.05) is 24.3 Å². The summed E-state index contributed by atoms with van der Waals surface area (Å²) in [5.74, 6) is 2.63. The first-order valence-electron chi connectivity index (χ1n) is 9.76. The summed E-state index contributed by atoms with van der Waals surface area (Å²) in [6.45, 7) is 4.05. The first kappa shape index (κ1) is 17.9. The van der Waals surface area contributed by atoms with E-state index >= 15 is 0 Å². The number of nitrogens with zero attached hydrogens (tertiary/aromatic N) is 2. The van der Waals surface area contributed by atoms with E-state index in [2.05, 4.69) is 4.90 Å². The average molecular weight is 366 g/mol. The number of hydrogen-bond acceptors (Lipinski definition) is 4. The molecule has 5 heteroatoms. The van der Waals surface area contributed by atoms with Crippen molar-refractivity contribution >= 4 is 5.91 Å². The molecule has 0 N–H and O–H groups in total. The van der Waals surface area contributed by atoms with Gasteiger partial charge >= 0.3 is 0 Å². The van der Waals surface area contributed by atoms with Crippen molar-refractivity contribution < 1.29 is 14.3 Å². The van der Waals surface area contributed by atoms with E-state index in [1.807, 2.05) is 59.5 Å². The number of rotatable bonds is 6. The predicted octanol–water partition coefficient (Wildman–Crippen LogP) is 3.55. The standard InChI is InChI=1S/C22H26N2O3/c25-22(24-12-4-5-13-24)17-23-14-11-21(16-23)27-20-10-6-9-19(15-20)26-18-7-2-1-3-8-18/h1-3,6-10,15,21H,4-5,11-14,16-17H2. The largest absolute Gasteiger partial charge is 0.489 e. The van der Waals surface area contributed by atoms with E-state index in [0.29, 0.717) is 6.54 Å². The molecule has 27 heavy (non-hydrogen) atoms. The number of carbonyl (C=O) groups is 1. The topological polar surface area (TPSA) is 42.0 Å². The van der Waals surface area contributed by atoms with E-state index < -0.39 is 0 Å². The predicted molar refractivity (Wildman–Crippen MR) is 104 cm³/mol. The van der Waals surface area contributed by atoms with Crippen LogP contribution in [0.1, 0.15) is 19.3 Å². The number of likely N-dealkylation sites (tertiary alicyclic amines) is 2. The van der Waals surface area contributed by atoms with Crippen LogP contribution in [0.5, 0.6) is 17.2 Å². The van der Waals surface area contributed by atoms with Gasteiger partial charge in [-0.15, -0.1) is 0 Å². The molecule has 2 aromatic carbocycles. The number of carbonyl (C=O) groups excluding carboxylic acids is 1. The maximum absolute atomic E-state index is 12.3. The number of hydrogen-bond donors (Lipinski definition) is 0. The van der Waals surface area contributed by atoms with E-state index in [1.165, 1.54) is 0 Å². The molecule has 0 spiro atoms. The molecular formula is C22H26N2O3. The van der Waals surface area contributed by atoms with E-state index in [1.54, 1.807) is 0 Å². The Balaban J connectivity index is 1.29. The Bertz CT molecular complexity index is 759. The summed E-state index contributed by atoms with van der Waals surface area (Å²) in [7, 11) is 0. The lowest BCUT2D eigenvalue weighted by Crippen LogP contribution is -2.38. The van der Waals surface area contributed by atoms with Gasteiger partial charge in [0.2, 0.25) is 5.91 Å². The van der Waals surface area contributed by atoms with E-state index in [4.69, 9.17) is 9.47 Å². The van der Waals surface area contributed by atoms with Gasteiger partial charge in [0.05, 0.1) is 6.54 Å². The molecule has 142 valence electrons. The van der Waals surface area contributed by atoms with Gasteiger partial charge in [0, 0.05) is 32.2 Å². The van der Waals surface area contributed by atoms with Crippen LogP contribution in [0.15, 0.2) is 54.6 Å². The van der Waals surface area contributed by atoms with Crippen molar-refractivity contribution in [1.29, 1.82) is 0 Å². The fourth-order valence-corrected chi connectivity index (χ4v) is 3.72. The normalized spacial score (nSPS) is 20.0. The summed E-state index contributed by atoms with van der Waals surface area (Å²) < 4.78 is 12.0. The van der Waals surface area contributed by atoms with Crippen molar-refractivity contribution in [3.8, 4) is 17.2 Å². The Hall–Kier alpha value is -2.53. The Morgan fingerprint density at radius 1 is 0.926 bits per heavy atom. The zero-order valence-corrected chi connectivity index (χ0v) is 15.5. The first-order valence-corrected chi connectivity index (χ1v) is 9.76. The summed E-state index contributed by atoms with van der Waals surface area (Å²) in [5, 5.41) is 0. The minimum absolute atomic E-state index is 0.114. The smallest absolute Gasteiger partial charge is 0.236 e. The molecule has 5 nitrogen and oxygen atoms in total. The second-order valence-corrected chi connectivity index (χ2v) is 7.24. The quantitative estimate of drug-likeness (QED) is 0.784. The molecule has 2 aromatic rings. The van der Waals surface area contributed by atoms with Crippen LogP contribution in [-0.2, 0) is 4.79 Å². The van der Waals surface area contributed by atoms with Gasteiger partial charge < -0.3 is 14.4 Å². The molecule has 2 aliphatic rings. The fourth-order valence-electron chi connectivity index (χ4n) is 3.72. The Labute approximate surface area is 160 Å². The number of amides is 1. The summed E-state index contributed by atoms with van der Waals surface area (Å²) in [5.41, 5.74) is 0. The molecule has 1 amide bonds. The molecule has 0 aromatic heterocycles. The first-order chi connectivity index (χ1) is 13.3. The summed E-state index contributed by atoms with van der Waals surface area (Å²) in [6.07, 6.45) is 3.33. The maximum atomic E-state index is 12.3. The van der Waals surface area contributed by atoms with Gasteiger partial charge in [0.1, 0.15) is 23.4 Å².